The molecule has 0 spiro atoms. The third-order valence-corrected chi connectivity index (χ3v) is 3.04. The molecule has 0 aliphatic rings. The Labute approximate surface area is 121 Å². The van der Waals surface area contributed by atoms with Gasteiger partial charge in [-0.25, -0.2) is 4.39 Å². The smallest absolute Gasteiger partial charge is 0.131 e. The second kappa shape index (κ2) is 9.72. The standard InChI is InChI=1S/C16H26FNO2/c1-4-9-18-13(3)15-8-7-14(12-16(15)17)20-11-6-10-19-5-2/h7-8,12-13,18H,4-6,9-11H2,1-3H3. The SMILES string of the molecule is CCCNC(C)c1ccc(OCCCOCC)cc1F. The van der Waals surface area contributed by atoms with E-state index in [9.17, 15) is 4.39 Å². The Hall–Kier alpha value is -1.13. The molecule has 1 aromatic rings. The predicted octanol–water partition coefficient (Wildman–Crippen LogP) is 3.69. The van der Waals surface area contributed by atoms with Crippen LogP contribution in [0.4, 0.5) is 4.39 Å². The average molecular weight is 283 g/mol. The third kappa shape index (κ3) is 5.88. The van der Waals surface area contributed by atoms with E-state index in [2.05, 4.69) is 12.2 Å². The molecule has 0 fully saturated rings. The van der Waals surface area contributed by atoms with Crippen LogP contribution in [0.25, 0.3) is 0 Å². The van der Waals surface area contributed by atoms with E-state index in [0.717, 1.165) is 19.4 Å². The summed E-state index contributed by atoms with van der Waals surface area (Å²) in [5.41, 5.74) is 0.681. The summed E-state index contributed by atoms with van der Waals surface area (Å²) < 4.78 is 24.7. The van der Waals surface area contributed by atoms with Crippen molar-refractivity contribution >= 4 is 0 Å². The van der Waals surface area contributed by atoms with Crippen molar-refractivity contribution in [3.8, 4) is 5.75 Å². The minimum atomic E-state index is -0.219. The second-order valence-electron chi connectivity index (χ2n) is 4.76. The number of hydrogen-bond donors (Lipinski definition) is 1. The lowest BCUT2D eigenvalue weighted by atomic mass is 10.1. The van der Waals surface area contributed by atoms with Crippen molar-refractivity contribution < 1.29 is 13.9 Å². The van der Waals surface area contributed by atoms with E-state index in [1.165, 1.54) is 6.07 Å². The fourth-order valence-electron chi connectivity index (χ4n) is 1.91. The zero-order valence-corrected chi connectivity index (χ0v) is 12.7. The van der Waals surface area contributed by atoms with E-state index < -0.39 is 0 Å². The maximum Gasteiger partial charge on any atom is 0.131 e. The summed E-state index contributed by atoms with van der Waals surface area (Å²) in [6.45, 7) is 8.84. The summed E-state index contributed by atoms with van der Waals surface area (Å²) in [5, 5.41) is 3.28. The number of benzene rings is 1. The molecule has 0 heterocycles. The van der Waals surface area contributed by atoms with Gasteiger partial charge in [-0.3, -0.25) is 0 Å². The van der Waals surface area contributed by atoms with Crippen LogP contribution in [0.2, 0.25) is 0 Å². The summed E-state index contributed by atoms with van der Waals surface area (Å²) in [6.07, 6.45) is 1.85. The van der Waals surface area contributed by atoms with Gasteiger partial charge in [-0.2, -0.15) is 0 Å². The number of halogens is 1. The summed E-state index contributed by atoms with van der Waals surface area (Å²) in [5.74, 6) is 0.355. The summed E-state index contributed by atoms with van der Waals surface area (Å²) in [4.78, 5) is 0. The highest BCUT2D eigenvalue weighted by molar-refractivity contribution is 5.30. The van der Waals surface area contributed by atoms with Gasteiger partial charge in [0.05, 0.1) is 6.61 Å². The van der Waals surface area contributed by atoms with Crippen LogP contribution in [-0.2, 0) is 4.74 Å². The largest absolute Gasteiger partial charge is 0.493 e. The molecule has 1 aromatic carbocycles. The molecule has 114 valence electrons. The molecule has 4 heteroatoms. The van der Waals surface area contributed by atoms with Crippen molar-refractivity contribution in [2.75, 3.05) is 26.4 Å². The van der Waals surface area contributed by atoms with Gasteiger partial charge in [0.15, 0.2) is 0 Å². The zero-order chi connectivity index (χ0) is 14.8. The number of nitrogens with one attached hydrogen (secondary N) is 1. The van der Waals surface area contributed by atoms with Crippen LogP contribution in [-0.4, -0.2) is 26.4 Å². The van der Waals surface area contributed by atoms with Crippen LogP contribution < -0.4 is 10.1 Å². The molecule has 0 saturated heterocycles. The first kappa shape index (κ1) is 16.9. The minimum absolute atomic E-state index is 0.0157. The van der Waals surface area contributed by atoms with E-state index in [-0.39, 0.29) is 11.9 Å². The predicted molar refractivity (Wildman–Crippen MR) is 79.7 cm³/mol. The molecule has 3 nitrogen and oxygen atoms in total. The molecule has 1 rings (SSSR count). The van der Waals surface area contributed by atoms with E-state index in [1.54, 1.807) is 6.07 Å². The molecule has 0 saturated carbocycles. The van der Waals surface area contributed by atoms with Crippen LogP contribution in [0.1, 0.15) is 45.2 Å². The zero-order valence-electron chi connectivity index (χ0n) is 12.7. The molecular formula is C16H26FNO2. The molecule has 0 radical (unpaired) electrons. The van der Waals surface area contributed by atoms with Crippen molar-refractivity contribution in [2.45, 2.75) is 39.7 Å². The van der Waals surface area contributed by atoms with Crippen molar-refractivity contribution in [1.82, 2.24) is 5.32 Å². The lowest BCUT2D eigenvalue weighted by Crippen LogP contribution is -2.20. The van der Waals surface area contributed by atoms with Crippen LogP contribution in [0, 0.1) is 5.82 Å². The Morgan fingerprint density at radius 1 is 1.25 bits per heavy atom. The Balaban J connectivity index is 2.46. The van der Waals surface area contributed by atoms with Gasteiger partial charge in [0.1, 0.15) is 11.6 Å². The van der Waals surface area contributed by atoms with Crippen molar-refractivity contribution in [2.24, 2.45) is 0 Å². The number of rotatable bonds is 10. The Bertz CT molecular complexity index is 385. The van der Waals surface area contributed by atoms with Crippen molar-refractivity contribution in [3.63, 3.8) is 0 Å². The van der Waals surface area contributed by atoms with Crippen molar-refractivity contribution in [1.29, 1.82) is 0 Å². The lowest BCUT2D eigenvalue weighted by Gasteiger charge is -2.15. The van der Waals surface area contributed by atoms with E-state index in [1.807, 2.05) is 19.9 Å². The van der Waals surface area contributed by atoms with Gasteiger partial charge in [0.2, 0.25) is 0 Å². The topological polar surface area (TPSA) is 30.5 Å². The summed E-state index contributed by atoms with van der Waals surface area (Å²) in [6, 6.07) is 5.09. The second-order valence-corrected chi connectivity index (χ2v) is 4.76. The van der Waals surface area contributed by atoms with E-state index >= 15 is 0 Å². The average Bonchev–Trinajstić information content (AvgIpc) is 2.44. The van der Waals surface area contributed by atoms with Crippen LogP contribution in [0.3, 0.4) is 0 Å². The quantitative estimate of drug-likeness (QED) is 0.664. The molecule has 20 heavy (non-hydrogen) atoms. The maximum atomic E-state index is 14.0. The van der Waals surface area contributed by atoms with Gasteiger partial charge in [0, 0.05) is 37.3 Å². The molecular weight excluding hydrogens is 257 g/mol. The Morgan fingerprint density at radius 3 is 2.70 bits per heavy atom. The molecule has 1 atom stereocenters. The molecule has 0 aromatic heterocycles. The van der Waals surface area contributed by atoms with E-state index in [0.29, 0.717) is 31.1 Å². The van der Waals surface area contributed by atoms with Gasteiger partial charge < -0.3 is 14.8 Å². The number of ether oxygens (including phenoxy) is 2. The van der Waals surface area contributed by atoms with Gasteiger partial charge in [0.25, 0.3) is 0 Å². The molecule has 0 bridgehead atoms. The summed E-state index contributed by atoms with van der Waals surface area (Å²) >= 11 is 0. The molecule has 0 aliphatic carbocycles. The third-order valence-electron chi connectivity index (χ3n) is 3.04. The maximum absolute atomic E-state index is 14.0. The van der Waals surface area contributed by atoms with Gasteiger partial charge in [-0.15, -0.1) is 0 Å². The first-order valence-electron chi connectivity index (χ1n) is 7.42. The molecule has 1 N–H and O–H groups in total. The normalized spacial score (nSPS) is 12.4. The van der Waals surface area contributed by atoms with Gasteiger partial charge in [-0.05, 0) is 32.9 Å². The highest BCUT2D eigenvalue weighted by Gasteiger charge is 2.11. The van der Waals surface area contributed by atoms with Gasteiger partial charge in [-0.1, -0.05) is 13.0 Å². The fraction of sp³-hybridized carbons (Fsp3) is 0.625. The molecule has 1 unspecified atom stereocenters. The first-order valence-corrected chi connectivity index (χ1v) is 7.42. The van der Waals surface area contributed by atoms with E-state index in [4.69, 9.17) is 9.47 Å². The summed E-state index contributed by atoms with van der Waals surface area (Å²) in [7, 11) is 0. The Morgan fingerprint density at radius 2 is 2.05 bits per heavy atom. The first-order chi connectivity index (χ1) is 9.69. The highest BCUT2D eigenvalue weighted by atomic mass is 19.1. The number of hydrogen-bond acceptors (Lipinski definition) is 3. The minimum Gasteiger partial charge on any atom is -0.493 e. The van der Waals surface area contributed by atoms with Crippen LogP contribution >= 0.6 is 0 Å². The lowest BCUT2D eigenvalue weighted by molar-refractivity contribution is 0.131. The van der Waals surface area contributed by atoms with Gasteiger partial charge >= 0.3 is 0 Å². The molecule has 0 amide bonds. The van der Waals surface area contributed by atoms with Crippen molar-refractivity contribution in [3.05, 3.63) is 29.6 Å². The fourth-order valence-corrected chi connectivity index (χ4v) is 1.91. The van der Waals surface area contributed by atoms with Crippen LogP contribution in [0.5, 0.6) is 5.75 Å². The monoisotopic (exact) mass is 283 g/mol. The molecule has 0 aliphatic heterocycles. The highest BCUT2D eigenvalue weighted by Crippen LogP contribution is 2.22. The van der Waals surface area contributed by atoms with Crippen LogP contribution in [0.15, 0.2) is 18.2 Å². The Kier molecular flexibility index (Phi) is 8.23.